The molecule has 0 aliphatic carbocycles. The Hall–Kier alpha value is -0.600. The van der Waals surface area contributed by atoms with Gasteiger partial charge in [-0.25, -0.2) is 0 Å². The number of hydrogen-bond acceptors (Lipinski definition) is 2. The maximum Gasteiger partial charge on any atom is 0.0353 e. The molecule has 2 heterocycles. The molecule has 0 N–H and O–H groups in total. The second-order valence-corrected chi connectivity index (χ2v) is 5.79. The van der Waals surface area contributed by atoms with Gasteiger partial charge in [0.1, 0.15) is 0 Å². The highest BCUT2D eigenvalue weighted by Gasteiger charge is 2.06. The Morgan fingerprint density at radius 2 is 2.06 bits per heavy atom. The lowest BCUT2D eigenvalue weighted by Gasteiger charge is -2.02. The summed E-state index contributed by atoms with van der Waals surface area (Å²) in [4.78, 5) is 1.42. The van der Waals surface area contributed by atoms with Crippen LogP contribution in [0.3, 0.4) is 0 Å². The summed E-state index contributed by atoms with van der Waals surface area (Å²) in [6.45, 7) is 2.27. The van der Waals surface area contributed by atoms with Crippen LogP contribution in [0.4, 0.5) is 0 Å². The van der Waals surface area contributed by atoms with E-state index in [0.29, 0.717) is 0 Å². The first-order valence-corrected chi connectivity index (χ1v) is 7.83. The molecule has 0 aliphatic heterocycles. The van der Waals surface area contributed by atoms with Crippen LogP contribution >= 0.6 is 22.7 Å². The lowest BCUT2D eigenvalue weighted by atomic mass is 10.0. The van der Waals surface area contributed by atoms with Crippen molar-refractivity contribution in [1.82, 2.24) is 0 Å². The zero-order chi connectivity index (χ0) is 11.2. The maximum absolute atomic E-state index is 2.32. The normalized spacial score (nSPS) is 10.8. The fraction of sp³-hybridized carbons (Fsp3) is 0.429. The minimum absolute atomic E-state index is 1.25. The van der Waals surface area contributed by atoms with E-state index in [1.165, 1.54) is 42.5 Å². The van der Waals surface area contributed by atoms with Gasteiger partial charge in [-0.05, 0) is 40.6 Å². The highest BCUT2D eigenvalue weighted by atomic mass is 32.1. The van der Waals surface area contributed by atoms with E-state index in [4.69, 9.17) is 0 Å². The van der Waals surface area contributed by atoms with Crippen LogP contribution in [-0.2, 0) is 6.42 Å². The van der Waals surface area contributed by atoms with E-state index in [1.807, 2.05) is 22.7 Å². The zero-order valence-corrected chi connectivity index (χ0v) is 11.4. The van der Waals surface area contributed by atoms with E-state index in [2.05, 4.69) is 35.2 Å². The summed E-state index contributed by atoms with van der Waals surface area (Å²) >= 11 is 3.68. The largest absolute Gasteiger partial charge is 0.151 e. The quantitative estimate of drug-likeness (QED) is 0.585. The van der Waals surface area contributed by atoms with Crippen LogP contribution in [0, 0.1) is 0 Å². The SMILES string of the molecule is CCCCCCc1cscc1-c1cccs1. The van der Waals surface area contributed by atoms with E-state index >= 15 is 0 Å². The molecule has 2 rings (SSSR count). The lowest BCUT2D eigenvalue weighted by Crippen LogP contribution is -1.85. The first-order valence-electron chi connectivity index (χ1n) is 6.00. The van der Waals surface area contributed by atoms with Crippen LogP contribution in [0.5, 0.6) is 0 Å². The van der Waals surface area contributed by atoms with Crippen molar-refractivity contribution in [3.8, 4) is 10.4 Å². The Morgan fingerprint density at radius 3 is 2.81 bits per heavy atom. The van der Waals surface area contributed by atoms with E-state index in [1.54, 1.807) is 5.56 Å². The van der Waals surface area contributed by atoms with E-state index in [0.717, 1.165) is 0 Å². The lowest BCUT2D eigenvalue weighted by molar-refractivity contribution is 0.668. The Labute approximate surface area is 106 Å². The van der Waals surface area contributed by atoms with Crippen molar-refractivity contribution in [2.24, 2.45) is 0 Å². The molecule has 0 saturated carbocycles. The summed E-state index contributed by atoms with van der Waals surface area (Å²) in [5, 5.41) is 6.77. The van der Waals surface area contributed by atoms with Gasteiger partial charge in [0, 0.05) is 10.4 Å². The minimum Gasteiger partial charge on any atom is -0.151 e. The van der Waals surface area contributed by atoms with Crippen LogP contribution in [0.2, 0.25) is 0 Å². The minimum atomic E-state index is 1.25. The van der Waals surface area contributed by atoms with Gasteiger partial charge >= 0.3 is 0 Å². The van der Waals surface area contributed by atoms with Gasteiger partial charge in [0.15, 0.2) is 0 Å². The number of aryl methyl sites for hydroxylation is 1. The van der Waals surface area contributed by atoms with Gasteiger partial charge < -0.3 is 0 Å². The molecule has 0 atom stereocenters. The Bertz CT molecular complexity index is 398. The molecule has 0 spiro atoms. The molecule has 0 amide bonds. The van der Waals surface area contributed by atoms with Crippen molar-refractivity contribution in [2.75, 3.05) is 0 Å². The predicted molar refractivity (Wildman–Crippen MR) is 75.5 cm³/mol. The smallest absolute Gasteiger partial charge is 0.0353 e. The third kappa shape index (κ3) is 2.96. The maximum atomic E-state index is 2.32. The molecule has 0 bridgehead atoms. The molecular formula is C14H18S2. The average Bonchev–Trinajstić information content (AvgIpc) is 2.94. The van der Waals surface area contributed by atoms with Crippen molar-refractivity contribution in [1.29, 1.82) is 0 Å². The average molecular weight is 250 g/mol. The number of hydrogen-bond donors (Lipinski definition) is 0. The Morgan fingerprint density at radius 1 is 1.12 bits per heavy atom. The molecule has 0 fully saturated rings. The van der Waals surface area contributed by atoms with Crippen LogP contribution in [0.1, 0.15) is 38.2 Å². The molecule has 0 nitrogen and oxygen atoms in total. The molecule has 2 heteroatoms. The summed E-state index contributed by atoms with van der Waals surface area (Å²) in [6.07, 6.45) is 6.65. The summed E-state index contributed by atoms with van der Waals surface area (Å²) in [5.74, 6) is 0. The second kappa shape index (κ2) is 6.21. The van der Waals surface area contributed by atoms with Gasteiger partial charge in [0.05, 0.1) is 0 Å². The third-order valence-corrected chi connectivity index (χ3v) is 4.52. The Kier molecular flexibility index (Phi) is 4.61. The molecule has 0 radical (unpaired) electrons. The summed E-state index contributed by atoms with van der Waals surface area (Å²) < 4.78 is 0. The van der Waals surface area contributed by atoms with Gasteiger partial charge in [-0.15, -0.1) is 11.3 Å². The van der Waals surface area contributed by atoms with Gasteiger partial charge in [-0.1, -0.05) is 32.3 Å². The van der Waals surface area contributed by atoms with Crippen LogP contribution in [0.15, 0.2) is 28.3 Å². The van der Waals surface area contributed by atoms with E-state index < -0.39 is 0 Å². The first-order chi connectivity index (χ1) is 7.92. The van der Waals surface area contributed by atoms with Crippen molar-refractivity contribution >= 4 is 22.7 Å². The summed E-state index contributed by atoms with van der Waals surface area (Å²) in [7, 11) is 0. The van der Waals surface area contributed by atoms with Gasteiger partial charge in [-0.3, -0.25) is 0 Å². The number of thiophene rings is 2. The molecule has 16 heavy (non-hydrogen) atoms. The van der Waals surface area contributed by atoms with Gasteiger partial charge in [0.25, 0.3) is 0 Å². The van der Waals surface area contributed by atoms with Crippen LogP contribution in [0.25, 0.3) is 10.4 Å². The fourth-order valence-corrected chi connectivity index (χ4v) is 3.65. The first kappa shape index (κ1) is 11.9. The summed E-state index contributed by atoms with van der Waals surface area (Å²) in [6, 6.07) is 4.36. The fourth-order valence-electron chi connectivity index (χ4n) is 1.91. The predicted octanol–water partition coefficient (Wildman–Crippen LogP) is 5.60. The second-order valence-electron chi connectivity index (χ2n) is 4.10. The van der Waals surface area contributed by atoms with Crippen molar-refractivity contribution in [3.05, 3.63) is 33.8 Å². The number of unbranched alkanes of at least 4 members (excludes halogenated alkanes) is 3. The molecule has 0 saturated heterocycles. The molecule has 2 aromatic heterocycles. The molecule has 0 aliphatic rings. The van der Waals surface area contributed by atoms with Crippen LogP contribution in [-0.4, -0.2) is 0 Å². The monoisotopic (exact) mass is 250 g/mol. The van der Waals surface area contributed by atoms with Crippen molar-refractivity contribution in [3.63, 3.8) is 0 Å². The highest BCUT2D eigenvalue weighted by molar-refractivity contribution is 7.14. The van der Waals surface area contributed by atoms with Crippen molar-refractivity contribution in [2.45, 2.75) is 39.0 Å². The molecule has 2 aromatic rings. The van der Waals surface area contributed by atoms with Crippen LogP contribution < -0.4 is 0 Å². The van der Waals surface area contributed by atoms with Gasteiger partial charge in [-0.2, -0.15) is 11.3 Å². The molecule has 86 valence electrons. The zero-order valence-electron chi connectivity index (χ0n) is 9.74. The number of rotatable bonds is 6. The molecule has 0 aromatic carbocycles. The standard InChI is InChI=1S/C14H18S2/c1-2-3-4-5-7-12-10-15-11-13(12)14-8-6-9-16-14/h6,8-11H,2-5,7H2,1H3. The van der Waals surface area contributed by atoms with E-state index in [-0.39, 0.29) is 0 Å². The third-order valence-electron chi connectivity index (χ3n) is 2.83. The molecular weight excluding hydrogens is 232 g/mol. The topological polar surface area (TPSA) is 0 Å². The Balaban J connectivity index is 1.97. The van der Waals surface area contributed by atoms with Crippen molar-refractivity contribution < 1.29 is 0 Å². The summed E-state index contributed by atoms with van der Waals surface area (Å²) in [5.41, 5.74) is 3.01. The van der Waals surface area contributed by atoms with Gasteiger partial charge in [0.2, 0.25) is 0 Å². The highest BCUT2D eigenvalue weighted by Crippen LogP contribution is 2.31. The van der Waals surface area contributed by atoms with E-state index in [9.17, 15) is 0 Å². The molecule has 0 unspecified atom stereocenters.